The Morgan fingerprint density at radius 3 is 0.833 bits per heavy atom. The fourth-order valence-corrected chi connectivity index (χ4v) is 9.65. The summed E-state index contributed by atoms with van der Waals surface area (Å²) in [5, 5.41) is 57.1. The number of carbonyl (C=O) groups excluding carboxylic acids is 13. The average Bonchev–Trinajstić information content (AvgIpc) is 0.866. The predicted octanol–water partition coefficient (Wildman–Crippen LogP) is 8.75. The molecule has 6 atom stereocenters. The Kier molecular flexibility index (Phi) is 80.2. The van der Waals surface area contributed by atoms with Crippen molar-refractivity contribution in [1.82, 2.24) is 42.5 Å². The van der Waals surface area contributed by atoms with Crippen LogP contribution in [0.2, 0.25) is 0 Å². The number of ether oxygens (including phenoxy) is 6. The van der Waals surface area contributed by atoms with Gasteiger partial charge in [0, 0.05) is 66.1 Å². The number of urea groups is 3. The number of carboxylic acids is 4. The molecule has 13 N–H and O–H groups in total. The molecule has 0 bridgehead atoms. The van der Waals surface area contributed by atoms with E-state index in [4.69, 9.17) is 54.3 Å². The van der Waals surface area contributed by atoms with Gasteiger partial charge in [0.1, 0.15) is 76.1 Å². The first kappa shape index (κ1) is 137. The van der Waals surface area contributed by atoms with Crippen LogP contribution in [0.15, 0.2) is 91.0 Å². The van der Waals surface area contributed by atoms with Crippen LogP contribution in [0, 0.1) is 0 Å². The van der Waals surface area contributed by atoms with E-state index < -0.39 is 166 Å². The van der Waals surface area contributed by atoms with Gasteiger partial charge in [-0.15, -0.1) is 0 Å². The molecule has 0 heterocycles. The Labute approximate surface area is 806 Å². The zero-order chi connectivity index (χ0) is 102. The van der Waals surface area contributed by atoms with Gasteiger partial charge < -0.3 is 102 Å². The molecule has 0 fully saturated rings. The van der Waals surface area contributed by atoms with Crippen molar-refractivity contribution in [2.75, 3.05) is 19.6 Å². The standard InChI is InChI=1S/C31H51N3O7.C24H45N3O7.C19H27N3O7.C7H6O.C4H6O4.C2H4O2.3C2H6.B.Na/c1-29(2,3)39-25(35)19-18-24(27(37)41-31(7,8)9)34-28(38)33-23(26(36)40-30(4,5)6)17-13-14-20-32-21-22-15-11-10-12-16-22;1-22(2,3)32-18(28)14-13-17(20(30)34-24(7,8)9)27-21(31)26-16(12-10-11-15-25)19(29)33-23(4,5)6;23-16(24)10-9-15(18(27)28)22-19(29)21-14(17(25)26)8-4-5-11-20-12-13-6-2-1-3-7-13;8-6-7-4-2-1-3-5-7;1-3(5)7-8-4(2)6;1-2(3)4;3*1-2;;/h10-12,15-16,23-24,32H,13-14,17-21H2,1-9H3,(H2,33,34,38);16-17H,10-15,25H2,1-9H3,(H2,26,27,31);1-3,6-7,14-15,20H,4-5,8-12H2,(H,23,24)(H,25,26)(H,27,28)(H2,21,22,29);1-6H;1-2H3;1H3,(H,3,4);3*1-2H3;;/q;;;;;;;;;;+1/p-1/t23-,24-;16-,17-;14-,15-;;;;;;;;/m000......../s1. The third-order valence-corrected chi connectivity index (χ3v) is 14.7. The monoisotopic (exact) mass is 1880 g/mol. The number of hydrogen-bond acceptors (Lipinski definition) is 28. The van der Waals surface area contributed by atoms with E-state index in [0.717, 1.165) is 57.7 Å². The van der Waals surface area contributed by atoms with Crippen molar-refractivity contribution in [3.63, 3.8) is 0 Å². The summed E-state index contributed by atoms with van der Waals surface area (Å²) in [4.78, 5) is 192. The van der Waals surface area contributed by atoms with E-state index in [1.54, 1.807) is 137 Å². The third kappa shape index (κ3) is 90.3. The Bertz CT molecular complexity index is 3720. The van der Waals surface area contributed by atoms with E-state index in [1.807, 2.05) is 120 Å². The molecular formula is C93H156BN9NaO28. The van der Waals surface area contributed by atoms with Gasteiger partial charge in [0.25, 0.3) is 0 Å². The molecule has 6 amide bonds. The van der Waals surface area contributed by atoms with Crippen molar-refractivity contribution < 1.29 is 165 Å². The molecule has 3 aromatic rings. The first-order chi connectivity index (χ1) is 60.3. The molecule has 0 aliphatic carbocycles. The maximum Gasteiger partial charge on any atom is 1.00 e. The van der Waals surface area contributed by atoms with Crippen LogP contribution < -0.4 is 82.9 Å². The number of carbonyl (C=O) groups is 16. The molecule has 745 valence electrons. The number of hydrogen-bond donors (Lipinski definition) is 12. The minimum atomic E-state index is -1.41. The minimum absolute atomic E-state index is 0. The SMILES string of the molecule is CC.CC.CC.CC(=O)OOC(C)=O.CC(=O)[O-].CC(C)(C)OC(=O)CC[C@H](NC(=O)N[C@@H](CCCCN)C(=O)OC(C)(C)C)C(=O)OC(C)(C)C.CC(C)(C)OC(=O)CC[C@H](NC(=O)N[C@@H](CCCCNCc1ccccc1)C(=O)OC(C)(C)C)C(=O)OC(C)(C)C.O=C(O)CC[C@H](NC(=O)N[C@@H](CCCCNCc1ccccc1)C(=O)O)C(=O)O.O=Cc1ccccc1.[B].[Na+]. The van der Waals surface area contributed by atoms with Gasteiger partial charge in [-0.25, -0.2) is 62.5 Å². The minimum Gasteiger partial charge on any atom is -0.550 e. The number of nitrogens with one attached hydrogen (secondary N) is 8. The smallest absolute Gasteiger partial charge is 0.550 e. The molecule has 39 heteroatoms. The molecule has 0 saturated heterocycles. The van der Waals surface area contributed by atoms with Crippen LogP contribution in [-0.2, 0) is 109 Å². The van der Waals surface area contributed by atoms with E-state index in [9.17, 15) is 77.0 Å². The van der Waals surface area contributed by atoms with Gasteiger partial charge in [-0.3, -0.25) is 19.2 Å². The topological polar surface area (TPSA) is 553 Å². The molecule has 3 aromatic carbocycles. The molecule has 3 radical (unpaired) electrons. The van der Waals surface area contributed by atoms with Crippen molar-refractivity contribution in [3.8, 4) is 0 Å². The van der Waals surface area contributed by atoms with Crippen LogP contribution in [0.5, 0.6) is 0 Å². The Balaban J connectivity index is -0.000000256. The fraction of sp³-hybridized carbons (Fsp3) is 0.634. The quantitative estimate of drug-likeness (QED) is 0.00481. The second-order valence-electron chi connectivity index (χ2n) is 33.9. The number of aliphatic carboxylic acids is 4. The van der Waals surface area contributed by atoms with Gasteiger partial charge in [0.15, 0.2) is 0 Å². The van der Waals surface area contributed by atoms with E-state index >= 15 is 0 Å². The van der Waals surface area contributed by atoms with Gasteiger partial charge in [-0.1, -0.05) is 133 Å². The van der Waals surface area contributed by atoms with Crippen LogP contribution in [0.1, 0.15) is 305 Å². The second kappa shape index (κ2) is 77.2. The van der Waals surface area contributed by atoms with Crippen LogP contribution in [0.25, 0.3) is 0 Å². The number of benzene rings is 3. The number of amides is 6. The number of rotatable bonds is 40. The maximum atomic E-state index is 13.0. The van der Waals surface area contributed by atoms with Crippen LogP contribution in [-0.4, -0.2) is 209 Å². The summed E-state index contributed by atoms with van der Waals surface area (Å²) < 4.78 is 32.4. The second-order valence-corrected chi connectivity index (χ2v) is 33.9. The van der Waals surface area contributed by atoms with Gasteiger partial charge in [-0.2, -0.15) is 0 Å². The largest absolute Gasteiger partial charge is 1.00 e. The first-order valence-corrected chi connectivity index (χ1v) is 43.7. The molecule has 0 unspecified atom stereocenters. The molecular weight excluding hydrogens is 1720 g/mol. The van der Waals surface area contributed by atoms with Crippen molar-refractivity contribution >= 4 is 104 Å². The Hall–Kier alpha value is -10.3. The summed E-state index contributed by atoms with van der Waals surface area (Å²) >= 11 is 0. The molecule has 3 rings (SSSR count). The third-order valence-electron chi connectivity index (χ3n) is 14.7. The summed E-state index contributed by atoms with van der Waals surface area (Å²) in [6, 6.07) is 19.9. The molecule has 0 aliphatic rings. The van der Waals surface area contributed by atoms with Gasteiger partial charge in [-0.05, 0) is 239 Å². The van der Waals surface area contributed by atoms with Crippen molar-refractivity contribution in [2.24, 2.45) is 5.73 Å². The van der Waals surface area contributed by atoms with Crippen molar-refractivity contribution in [2.45, 2.75) is 366 Å². The fourth-order valence-electron chi connectivity index (χ4n) is 9.65. The van der Waals surface area contributed by atoms with E-state index in [-0.39, 0.29) is 76.5 Å². The van der Waals surface area contributed by atoms with E-state index in [0.29, 0.717) is 64.6 Å². The average molecular weight is 1880 g/mol. The Morgan fingerprint density at radius 2 is 0.598 bits per heavy atom. The normalized spacial score (nSPS) is 11.8. The number of esters is 6. The number of nitrogens with two attached hydrogens (primary N) is 1. The van der Waals surface area contributed by atoms with Crippen molar-refractivity contribution in [3.05, 3.63) is 108 Å². The summed E-state index contributed by atoms with van der Waals surface area (Å²) in [6.45, 7) is 49.8. The summed E-state index contributed by atoms with van der Waals surface area (Å²) in [6.07, 6.45) is 4.67. The zero-order valence-corrected chi connectivity index (χ0v) is 85.5. The molecule has 132 heavy (non-hydrogen) atoms. The van der Waals surface area contributed by atoms with Crippen LogP contribution in [0.3, 0.4) is 0 Å². The molecule has 37 nitrogen and oxygen atoms in total. The van der Waals surface area contributed by atoms with Gasteiger partial charge in [0.2, 0.25) is 0 Å². The van der Waals surface area contributed by atoms with E-state index in [2.05, 4.69) is 52.3 Å². The number of unbranched alkanes of at least 4 members (excludes halogenated alkanes) is 3. The maximum absolute atomic E-state index is 13.0. The predicted molar refractivity (Wildman–Crippen MR) is 496 cm³/mol. The summed E-state index contributed by atoms with van der Waals surface area (Å²) in [5.41, 5.74) is 4.18. The van der Waals surface area contributed by atoms with Gasteiger partial charge >= 0.3 is 113 Å². The first-order valence-electron chi connectivity index (χ1n) is 43.7. The molecule has 0 aliphatic heterocycles. The van der Waals surface area contributed by atoms with Gasteiger partial charge in [0.05, 0.1) is 0 Å². The van der Waals surface area contributed by atoms with Crippen molar-refractivity contribution in [1.29, 1.82) is 0 Å². The number of aldehydes is 1. The number of carboxylic acid groups (broad SMARTS) is 4. The van der Waals surface area contributed by atoms with Crippen LogP contribution in [0.4, 0.5) is 14.4 Å². The molecule has 0 aromatic heterocycles. The summed E-state index contributed by atoms with van der Waals surface area (Å²) in [7, 11) is 0. The zero-order valence-electron chi connectivity index (χ0n) is 83.5. The molecule has 0 saturated carbocycles. The molecule has 0 spiro atoms. The van der Waals surface area contributed by atoms with E-state index in [1.165, 1.54) is 5.56 Å². The van der Waals surface area contributed by atoms with Crippen LogP contribution >= 0.6 is 0 Å². The summed E-state index contributed by atoms with van der Waals surface area (Å²) in [5.74, 6) is -9.69. The Morgan fingerprint density at radius 1 is 0.364 bits per heavy atom.